The smallest absolute Gasteiger partial charge is 0.255 e. The Morgan fingerprint density at radius 2 is 1.51 bits per heavy atom. The number of nitrogens with zero attached hydrogens (tertiary/aromatic N) is 3. The van der Waals surface area contributed by atoms with Crippen molar-refractivity contribution in [3.8, 4) is 0 Å². The fourth-order valence-corrected chi connectivity index (χ4v) is 8.85. The van der Waals surface area contributed by atoms with Gasteiger partial charge in [-0.2, -0.15) is 0 Å². The van der Waals surface area contributed by atoms with Gasteiger partial charge in [0.25, 0.3) is 5.91 Å². The van der Waals surface area contributed by atoms with E-state index in [1.165, 1.54) is 49.6 Å². The quantitative estimate of drug-likeness (QED) is 0.186. The zero-order valence-corrected chi connectivity index (χ0v) is 29.8. The van der Waals surface area contributed by atoms with E-state index in [1.54, 1.807) is 0 Å². The van der Waals surface area contributed by atoms with Crippen LogP contribution in [0, 0.1) is 6.92 Å². The molecule has 6 aromatic carbocycles. The molecule has 1 atom stereocenters. The molecular weight excluding hydrogens is 629 g/mol. The van der Waals surface area contributed by atoms with E-state index in [4.69, 9.17) is 4.74 Å². The van der Waals surface area contributed by atoms with Gasteiger partial charge in [-0.05, 0) is 119 Å². The molecule has 9 rings (SSSR count). The highest BCUT2D eigenvalue weighted by molar-refractivity contribution is 6.11. The maximum absolute atomic E-state index is 14.0. The fraction of sp³-hybridized carbons (Fsp3) is 0.311. The van der Waals surface area contributed by atoms with Crippen molar-refractivity contribution in [2.45, 2.75) is 32.1 Å². The molecule has 6 heteroatoms. The minimum Gasteiger partial charge on any atom is -0.378 e. The molecule has 0 aromatic heterocycles. The normalized spacial score (nSPS) is 18.4. The second kappa shape index (κ2) is 13.3. The molecule has 2 heterocycles. The van der Waals surface area contributed by atoms with Gasteiger partial charge in [-0.3, -0.25) is 4.79 Å². The van der Waals surface area contributed by atoms with Crippen LogP contribution in [0.15, 0.2) is 97.1 Å². The number of fused-ring (bicyclic) bond motifs is 6. The van der Waals surface area contributed by atoms with Gasteiger partial charge in [0, 0.05) is 61.6 Å². The Hall–Kier alpha value is -4.91. The van der Waals surface area contributed by atoms with Crippen molar-refractivity contribution in [2.24, 2.45) is 0 Å². The first-order valence-electron chi connectivity index (χ1n) is 18.7. The van der Waals surface area contributed by atoms with Crippen molar-refractivity contribution in [1.29, 1.82) is 0 Å². The van der Waals surface area contributed by atoms with E-state index in [2.05, 4.69) is 119 Å². The summed E-state index contributed by atoms with van der Waals surface area (Å²) in [5.74, 6) is 0.251. The lowest BCUT2D eigenvalue weighted by molar-refractivity contribution is 0.102. The van der Waals surface area contributed by atoms with E-state index in [0.29, 0.717) is 11.5 Å². The SMILES string of the molecule is Cc1cc(C(=O)Nc2c(C3CCc4c(ccc5c4ccc4cc(N6CCN(C)CC6)ccc45)C3)ccc3ccccc23)ccc1N1CCOCC1. The van der Waals surface area contributed by atoms with Crippen LogP contribution in [0.4, 0.5) is 17.1 Å². The summed E-state index contributed by atoms with van der Waals surface area (Å²) in [6.45, 7) is 9.71. The van der Waals surface area contributed by atoms with E-state index >= 15 is 0 Å². The molecule has 0 saturated carbocycles. The molecule has 1 aliphatic carbocycles. The minimum absolute atomic E-state index is 0.0610. The molecule has 6 aromatic rings. The Morgan fingerprint density at radius 3 is 2.35 bits per heavy atom. The van der Waals surface area contributed by atoms with Gasteiger partial charge in [0.05, 0.1) is 18.9 Å². The molecule has 0 radical (unpaired) electrons. The van der Waals surface area contributed by atoms with Crippen molar-refractivity contribution < 1.29 is 9.53 Å². The van der Waals surface area contributed by atoms with Crippen LogP contribution in [0.25, 0.3) is 32.3 Å². The van der Waals surface area contributed by atoms with Crippen molar-refractivity contribution in [2.75, 3.05) is 74.6 Å². The Morgan fingerprint density at radius 1 is 0.725 bits per heavy atom. The Balaban J connectivity index is 1.01. The second-order valence-electron chi connectivity index (χ2n) is 14.8. The molecule has 6 nitrogen and oxygen atoms in total. The molecule has 258 valence electrons. The van der Waals surface area contributed by atoms with Gasteiger partial charge in [0.2, 0.25) is 0 Å². The zero-order valence-electron chi connectivity index (χ0n) is 29.8. The molecule has 2 aliphatic heterocycles. The van der Waals surface area contributed by atoms with Gasteiger partial charge in [0.1, 0.15) is 0 Å². The highest BCUT2D eigenvalue weighted by Gasteiger charge is 2.26. The summed E-state index contributed by atoms with van der Waals surface area (Å²) in [6, 6.07) is 35.4. The summed E-state index contributed by atoms with van der Waals surface area (Å²) in [6.07, 6.45) is 3.02. The van der Waals surface area contributed by atoms with Gasteiger partial charge >= 0.3 is 0 Å². The summed E-state index contributed by atoms with van der Waals surface area (Å²) >= 11 is 0. The van der Waals surface area contributed by atoms with E-state index in [-0.39, 0.29) is 5.91 Å². The van der Waals surface area contributed by atoms with Crippen LogP contribution in [-0.2, 0) is 17.6 Å². The fourth-order valence-electron chi connectivity index (χ4n) is 8.85. The number of ether oxygens (including phenoxy) is 1. The third kappa shape index (κ3) is 6.00. The average molecular weight is 675 g/mol. The summed E-state index contributed by atoms with van der Waals surface area (Å²) in [4.78, 5) is 21.2. The third-order valence-electron chi connectivity index (χ3n) is 11.7. The first-order valence-corrected chi connectivity index (χ1v) is 18.7. The molecule has 51 heavy (non-hydrogen) atoms. The Labute approximate surface area is 300 Å². The van der Waals surface area contributed by atoms with Gasteiger partial charge in [-0.15, -0.1) is 0 Å². The van der Waals surface area contributed by atoms with Gasteiger partial charge in [-0.25, -0.2) is 0 Å². The molecule has 3 aliphatic rings. The Kier molecular flexibility index (Phi) is 8.37. The van der Waals surface area contributed by atoms with E-state index in [1.807, 2.05) is 12.1 Å². The zero-order chi connectivity index (χ0) is 34.5. The van der Waals surface area contributed by atoms with Crippen molar-refractivity contribution in [3.63, 3.8) is 0 Å². The van der Waals surface area contributed by atoms with Crippen LogP contribution in [-0.4, -0.2) is 70.3 Å². The molecule has 1 amide bonds. The first kappa shape index (κ1) is 32.0. The van der Waals surface area contributed by atoms with E-state index in [9.17, 15) is 4.79 Å². The van der Waals surface area contributed by atoms with Crippen LogP contribution in [0.3, 0.4) is 0 Å². The predicted octanol–water partition coefficient (Wildman–Crippen LogP) is 8.57. The number of nitrogens with one attached hydrogen (secondary N) is 1. The number of hydrogen-bond acceptors (Lipinski definition) is 5. The number of piperazine rings is 1. The number of hydrogen-bond donors (Lipinski definition) is 1. The molecule has 1 N–H and O–H groups in total. The maximum Gasteiger partial charge on any atom is 0.255 e. The molecule has 0 bridgehead atoms. The van der Waals surface area contributed by atoms with Gasteiger partial charge in [0.15, 0.2) is 0 Å². The molecule has 1 unspecified atom stereocenters. The van der Waals surface area contributed by atoms with Gasteiger partial charge in [-0.1, -0.05) is 66.7 Å². The summed E-state index contributed by atoms with van der Waals surface area (Å²) in [5, 5.41) is 11.0. The number of rotatable bonds is 5. The molecular formula is C45H46N4O2. The third-order valence-corrected chi connectivity index (χ3v) is 11.7. The van der Waals surface area contributed by atoms with Crippen molar-refractivity contribution >= 4 is 55.3 Å². The van der Waals surface area contributed by atoms with Crippen LogP contribution in [0.5, 0.6) is 0 Å². The minimum atomic E-state index is -0.0610. The summed E-state index contributed by atoms with van der Waals surface area (Å²) in [7, 11) is 2.21. The lowest BCUT2D eigenvalue weighted by Crippen LogP contribution is -2.44. The van der Waals surface area contributed by atoms with Gasteiger partial charge < -0.3 is 24.8 Å². The number of carbonyl (C=O) groups is 1. The number of anilines is 3. The van der Waals surface area contributed by atoms with E-state index < -0.39 is 0 Å². The topological polar surface area (TPSA) is 48.1 Å². The average Bonchev–Trinajstić information content (AvgIpc) is 3.18. The highest BCUT2D eigenvalue weighted by Crippen LogP contribution is 2.42. The second-order valence-corrected chi connectivity index (χ2v) is 14.8. The molecule has 2 saturated heterocycles. The molecule has 2 fully saturated rings. The highest BCUT2D eigenvalue weighted by atomic mass is 16.5. The van der Waals surface area contributed by atoms with Crippen LogP contribution in [0.2, 0.25) is 0 Å². The monoisotopic (exact) mass is 674 g/mol. The standard InChI is InChI=1S/C45H46N4O2/c1-30-27-35(11-18-43(30)49-23-25-51-26-24-49)45(50)46-44-39-6-4-3-5-31(39)7-14-40(44)33-8-13-37-32(28-33)9-15-42-38-17-12-36(29-34(38)10-16-41(37)42)48-21-19-47(2)20-22-48/h3-7,9-12,14-18,27,29,33H,8,13,19-26,28H2,1-2H3,(H,46,50). The summed E-state index contributed by atoms with van der Waals surface area (Å²) < 4.78 is 5.55. The maximum atomic E-state index is 14.0. The number of benzene rings is 6. The van der Waals surface area contributed by atoms with Crippen LogP contribution >= 0.6 is 0 Å². The van der Waals surface area contributed by atoms with Crippen LogP contribution < -0.4 is 15.1 Å². The predicted molar refractivity (Wildman–Crippen MR) is 212 cm³/mol. The number of aryl methyl sites for hydroxylation is 2. The largest absolute Gasteiger partial charge is 0.378 e. The van der Waals surface area contributed by atoms with Crippen molar-refractivity contribution in [1.82, 2.24) is 4.90 Å². The molecule has 0 spiro atoms. The van der Waals surface area contributed by atoms with Crippen LogP contribution in [0.1, 0.15) is 45.0 Å². The number of amides is 1. The number of morpholine rings is 1. The summed E-state index contributed by atoms with van der Waals surface area (Å²) in [5.41, 5.74) is 9.39. The van der Waals surface area contributed by atoms with E-state index in [0.717, 1.165) is 93.8 Å². The number of carbonyl (C=O) groups excluding carboxylic acids is 1. The lowest BCUT2D eigenvalue weighted by Gasteiger charge is -2.34. The Bertz CT molecular complexity index is 2280. The lowest BCUT2D eigenvalue weighted by atomic mass is 9.77. The first-order chi connectivity index (χ1) is 25.0. The van der Waals surface area contributed by atoms with Crippen molar-refractivity contribution in [3.05, 3.63) is 125 Å². The number of likely N-dealkylation sites (N-methyl/N-ethyl adjacent to an activating group) is 1.